The van der Waals surface area contributed by atoms with Crippen molar-refractivity contribution < 1.29 is 4.74 Å². The molecule has 19 heavy (non-hydrogen) atoms. The van der Waals surface area contributed by atoms with E-state index < -0.39 is 0 Å². The summed E-state index contributed by atoms with van der Waals surface area (Å²) in [7, 11) is 0. The molecule has 2 unspecified atom stereocenters. The van der Waals surface area contributed by atoms with Crippen LogP contribution in [-0.2, 0) is 4.74 Å². The summed E-state index contributed by atoms with van der Waals surface area (Å²) in [6.07, 6.45) is 12.5. The van der Waals surface area contributed by atoms with Crippen LogP contribution >= 0.6 is 11.8 Å². The minimum absolute atomic E-state index is 0.214. The van der Waals surface area contributed by atoms with Crippen LogP contribution in [0.3, 0.4) is 0 Å². The van der Waals surface area contributed by atoms with Gasteiger partial charge in [0, 0.05) is 12.6 Å². The van der Waals surface area contributed by atoms with Gasteiger partial charge in [0.2, 0.25) is 0 Å². The maximum atomic E-state index is 6.21. The Bertz CT molecular complexity index is 330. The van der Waals surface area contributed by atoms with Crippen LogP contribution in [0.5, 0.6) is 0 Å². The van der Waals surface area contributed by atoms with E-state index in [1.165, 1.54) is 62.9 Å². The standard InChI is InChI=1S/C16H27NOS/c17-15-4-2-1-3-13(11-15)14-5-8-18-16(12-14)6-9-19-10-7-16/h11,14-15H,1-10,12,17H2. The van der Waals surface area contributed by atoms with Crippen LogP contribution < -0.4 is 5.73 Å². The molecule has 2 aliphatic heterocycles. The maximum Gasteiger partial charge on any atom is 0.0704 e. The van der Waals surface area contributed by atoms with Gasteiger partial charge in [-0.3, -0.25) is 0 Å². The molecule has 3 aliphatic rings. The third-order valence-electron chi connectivity index (χ3n) is 5.10. The van der Waals surface area contributed by atoms with E-state index >= 15 is 0 Å². The van der Waals surface area contributed by atoms with E-state index in [2.05, 4.69) is 17.8 Å². The molecule has 0 aromatic rings. The van der Waals surface area contributed by atoms with Crippen LogP contribution in [0.4, 0.5) is 0 Å². The first-order valence-corrected chi connectivity index (χ1v) is 9.11. The molecule has 108 valence electrons. The molecule has 2 atom stereocenters. The zero-order chi connectivity index (χ0) is 13.1. The maximum absolute atomic E-state index is 6.21. The smallest absolute Gasteiger partial charge is 0.0704 e. The number of thioether (sulfide) groups is 1. The van der Waals surface area contributed by atoms with Crippen LogP contribution in [0.25, 0.3) is 0 Å². The fourth-order valence-corrected chi connectivity index (χ4v) is 5.16. The van der Waals surface area contributed by atoms with Gasteiger partial charge < -0.3 is 10.5 Å². The molecule has 0 amide bonds. The predicted octanol–water partition coefficient (Wildman–Crippen LogP) is 3.51. The second kappa shape index (κ2) is 6.19. The van der Waals surface area contributed by atoms with Crippen molar-refractivity contribution in [3.05, 3.63) is 11.6 Å². The number of ether oxygens (including phenoxy) is 1. The molecule has 0 saturated carbocycles. The minimum atomic E-state index is 0.214. The molecule has 1 aliphatic carbocycles. The summed E-state index contributed by atoms with van der Waals surface area (Å²) in [6.45, 7) is 0.960. The van der Waals surface area contributed by atoms with E-state index in [-0.39, 0.29) is 5.60 Å². The van der Waals surface area contributed by atoms with Gasteiger partial charge in [-0.25, -0.2) is 0 Å². The molecular formula is C16H27NOS. The summed E-state index contributed by atoms with van der Waals surface area (Å²) < 4.78 is 6.21. The number of rotatable bonds is 1. The average Bonchev–Trinajstić information content (AvgIpc) is 2.64. The van der Waals surface area contributed by atoms with Crippen molar-refractivity contribution in [2.75, 3.05) is 18.1 Å². The lowest BCUT2D eigenvalue weighted by atomic mass is 9.77. The summed E-state index contributed by atoms with van der Waals surface area (Å²) in [6, 6.07) is 0.304. The molecule has 0 radical (unpaired) electrons. The first-order valence-electron chi connectivity index (χ1n) is 7.95. The van der Waals surface area contributed by atoms with Gasteiger partial charge in [0.1, 0.15) is 0 Å². The summed E-state index contributed by atoms with van der Waals surface area (Å²) >= 11 is 2.09. The highest BCUT2D eigenvalue weighted by atomic mass is 32.2. The molecule has 2 N–H and O–H groups in total. The topological polar surface area (TPSA) is 35.2 Å². The Morgan fingerprint density at radius 3 is 2.89 bits per heavy atom. The van der Waals surface area contributed by atoms with Crippen molar-refractivity contribution in [1.82, 2.24) is 0 Å². The van der Waals surface area contributed by atoms with Crippen LogP contribution in [0, 0.1) is 5.92 Å². The monoisotopic (exact) mass is 281 g/mol. The van der Waals surface area contributed by atoms with Crippen molar-refractivity contribution in [3.63, 3.8) is 0 Å². The fraction of sp³-hybridized carbons (Fsp3) is 0.875. The quantitative estimate of drug-likeness (QED) is 0.747. The van der Waals surface area contributed by atoms with Gasteiger partial charge in [0.25, 0.3) is 0 Å². The third-order valence-corrected chi connectivity index (χ3v) is 6.09. The Kier molecular flexibility index (Phi) is 4.55. The van der Waals surface area contributed by atoms with E-state index in [9.17, 15) is 0 Å². The van der Waals surface area contributed by atoms with Gasteiger partial charge in [0.05, 0.1) is 5.60 Å². The molecule has 1 spiro atoms. The van der Waals surface area contributed by atoms with Gasteiger partial charge in [-0.1, -0.05) is 18.1 Å². The van der Waals surface area contributed by atoms with Crippen LogP contribution in [0.2, 0.25) is 0 Å². The lowest BCUT2D eigenvalue weighted by molar-refractivity contribution is -0.0968. The highest BCUT2D eigenvalue weighted by Crippen LogP contribution is 2.43. The van der Waals surface area contributed by atoms with Crippen molar-refractivity contribution in [2.45, 2.75) is 63.0 Å². The van der Waals surface area contributed by atoms with Crippen molar-refractivity contribution >= 4 is 11.8 Å². The largest absolute Gasteiger partial charge is 0.375 e. The number of nitrogens with two attached hydrogens (primary N) is 1. The summed E-state index contributed by atoms with van der Waals surface area (Å²) in [4.78, 5) is 0. The van der Waals surface area contributed by atoms with E-state index in [0.717, 1.165) is 12.5 Å². The molecule has 2 nitrogen and oxygen atoms in total. The van der Waals surface area contributed by atoms with E-state index in [1.54, 1.807) is 5.57 Å². The Labute approximate surface area is 121 Å². The molecule has 3 heteroatoms. The number of hydrogen-bond donors (Lipinski definition) is 1. The van der Waals surface area contributed by atoms with Gasteiger partial charge in [-0.05, 0) is 62.4 Å². The lowest BCUT2D eigenvalue weighted by Crippen LogP contribution is -2.43. The fourth-order valence-electron chi connectivity index (χ4n) is 3.93. The lowest BCUT2D eigenvalue weighted by Gasteiger charge is -2.44. The molecule has 0 aromatic carbocycles. The van der Waals surface area contributed by atoms with Gasteiger partial charge in [-0.2, -0.15) is 11.8 Å². The van der Waals surface area contributed by atoms with Crippen molar-refractivity contribution in [3.8, 4) is 0 Å². The molecule has 0 aromatic heterocycles. The van der Waals surface area contributed by atoms with Crippen molar-refractivity contribution in [2.24, 2.45) is 11.7 Å². The van der Waals surface area contributed by atoms with E-state index in [0.29, 0.717) is 6.04 Å². The molecule has 0 bridgehead atoms. The predicted molar refractivity (Wildman–Crippen MR) is 82.5 cm³/mol. The van der Waals surface area contributed by atoms with Gasteiger partial charge >= 0.3 is 0 Å². The van der Waals surface area contributed by atoms with E-state index in [1.807, 2.05) is 0 Å². The van der Waals surface area contributed by atoms with Crippen LogP contribution in [0.1, 0.15) is 51.4 Å². The Morgan fingerprint density at radius 1 is 1.21 bits per heavy atom. The minimum Gasteiger partial charge on any atom is -0.375 e. The zero-order valence-corrected chi connectivity index (χ0v) is 12.7. The normalized spacial score (nSPS) is 35.7. The molecule has 3 rings (SSSR count). The summed E-state index contributed by atoms with van der Waals surface area (Å²) in [5.74, 6) is 3.32. The van der Waals surface area contributed by atoms with Crippen LogP contribution in [0.15, 0.2) is 11.6 Å². The van der Waals surface area contributed by atoms with Gasteiger partial charge in [0.15, 0.2) is 0 Å². The second-order valence-corrected chi connectivity index (χ2v) is 7.71. The van der Waals surface area contributed by atoms with Crippen molar-refractivity contribution in [1.29, 1.82) is 0 Å². The highest BCUT2D eigenvalue weighted by Gasteiger charge is 2.39. The molecule has 2 fully saturated rings. The first kappa shape index (κ1) is 14.0. The Morgan fingerprint density at radius 2 is 2.05 bits per heavy atom. The highest BCUT2D eigenvalue weighted by molar-refractivity contribution is 7.99. The van der Waals surface area contributed by atoms with Gasteiger partial charge in [-0.15, -0.1) is 0 Å². The number of hydrogen-bond acceptors (Lipinski definition) is 3. The Hall–Kier alpha value is 0.01000. The average molecular weight is 281 g/mol. The zero-order valence-electron chi connectivity index (χ0n) is 11.9. The van der Waals surface area contributed by atoms with Crippen LogP contribution in [-0.4, -0.2) is 29.8 Å². The number of allylic oxidation sites excluding steroid dienone is 1. The van der Waals surface area contributed by atoms with E-state index in [4.69, 9.17) is 10.5 Å². The summed E-state index contributed by atoms with van der Waals surface area (Å²) in [5, 5.41) is 0. The molecule has 2 heterocycles. The Balaban J connectivity index is 1.70. The first-order chi connectivity index (χ1) is 9.27. The molecule has 2 saturated heterocycles. The SMILES string of the molecule is NC1C=C(C2CCOC3(CCSCC3)C2)CCCC1. The summed E-state index contributed by atoms with van der Waals surface area (Å²) in [5.41, 5.74) is 8.06. The third kappa shape index (κ3) is 3.37. The molecular weight excluding hydrogens is 254 g/mol. The second-order valence-electron chi connectivity index (χ2n) is 6.48.